The Morgan fingerprint density at radius 3 is 2.18 bits per heavy atom. The lowest BCUT2D eigenvalue weighted by molar-refractivity contribution is -0.907. The van der Waals surface area contributed by atoms with Gasteiger partial charge in [-0.15, -0.1) is 0 Å². The fraction of sp³-hybridized carbons (Fsp3) is 0.500. The number of rotatable bonds is 2. The molecule has 1 aliphatic rings. The number of likely N-dealkylation sites (tertiary alicyclic amines) is 1. The highest BCUT2D eigenvalue weighted by Crippen LogP contribution is 2.15. The zero-order valence-electron chi connectivity index (χ0n) is 13.0. The molecular formula is C16H22INO3S. The molecule has 1 saturated heterocycles. The Kier molecular flexibility index (Phi) is 7.83. The van der Waals surface area contributed by atoms with Crippen LogP contribution in [0.5, 0.6) is 0 Å². The van der Waals surface area contributed by atoms with Gasteiger partial charge in [0, 0.05) is 22.6 Å². The molecule has 1 aliphatic heterocycles. The van der Waals surface area contributed by atoms with E-state index >= 15 is 0 Å². The van der Waals surface area contributed by atoms with Gasteiger partial charge in [0.2, 0.25) is 0 Å². The number of piperidine rings is 1. The van der Waals surface area contributed by atoms with Crippen molar-refractivity contribution in [1.82, 2.24) is 0 Å². The van der Waals surface area contributed by atoms with Crippen molar-refractivity contribution in [3.05, 3.63) is 29.8 Å². The molecule has 0 aliphatic carbocycles. The minimum absolute atomic E-state index is 0.178. The maximum Gasteiger partial charge on any atom is 0.141 e. The highest BCUT2D eigenvalue weighted by atomic mass is 127. The predicted octanol–water partition coefficient (Wildman–Crippen LogP) is 2.91. The van der Waals surface area contributed by atoms with E-state index in [1.54, 1.807) is 12.1 Å². The number of nitrogens with zero attached hydrogens (tertiary/aromatic N) is 1. The summed E-state index contributed by atoms with van der Waals surface area (Å²) in [7, 11) is -1.95. The van der Waals surface area contributed by atoms with Crippen LogP contribution in [0.3, 0.4) is 0 Å². The first kappa shape index (κ1) is 19.4. The van der Waals surface area contributed by atoms with Gasteiger partial charge < -0.3 is 9.04 Å². The van der Waals surface area contributed by atoms with Crippen LogP contribution in [-0.2, 0) is 10.1 Å². The standard InChI is InChI=1S/C9H15IN.C7H8O3S/c1-11(9-5-6-10)7-3-2-4-8-11;1-6-2-4-7(5-3-6)11(8,9)10/h2-4,7-9H2,1H3;2-5H,1H3,(H,8,9,10)/q+1;/p-1. The van der Waals surface area contributed by atoms with E-state index in [2.05, 4.69) is 39.5 Å². The summed E-state index contributed by atoms with van der Waals surface area (Å²) in [6.45, 7) is 5.51. The van der Waals surface area contributed by atoms with Crippen LogP contribution in [0.2, 0.25) is 0 Å². The average molecular weight is 435 g/mol. The van der Waals surface area contributed by atoms with E-state index in [1.807, 2.05) is 6.92 Å². The smallest absolute Gasteiger partial charge is 0.141 e. The van der Waals surface area contributed by atoms with E-state index < -0.39 is 10.1 Å². The number of quaternary nitrogens is 1. The van der Waals surface area contributed by atoms with Gasteiger partial charge in [0.05, 0.1) is 25.0 Å². The average Bonchev–Trinajstić information content (AvgIpc) is 2.46. The van der Waals surface area contributed by atoms with E-state index in [4.69, 9.17) is 0 Å². The molecular weight excluding hydrogens is 413 g/mol. The highest BCUT2D eigenvalue weighted by Gasteiger charge is 2.22. The second-order valence-electron chi connectivity index (χ2n) is 5.82. The molecule has 1 aromatic carbocycles. The normalized spacial score (nSPS) is 16.7. The van der Waals surface area contributed by atoms with Crippen LogP contribution in [0.4, 0.5) is 0 Å². The summed E-state index contributed by atoms with van der Waals surface area (Å²) >= 11 is 2.12. The molecule has 4 nitrogen and oxygen atoms in total. The fourth-order valence-electron chi connectivity index (χ4n) is 2.36. The first-order chi connectivity index (χ1) is 10.3. The summed E-state index contributed by atoms with van der Waals surface area (Å²) in [5.74, 6) is 3.17. The Balaban J connectivity index is 0.000000220. The van der Waals surface area contributed by atoms with Crippen LogP contribution in [-0.4, -0.2) is 44.1 Å². The molecule has 0 saturated carbocycles. The molecule has 0 atom stereocenters. The van der Waals surface area contributed by atoms with Crippen LogP contribution in [0.1, 0.15) is 24.8 Å². The van der Waals surface area contributed by atoms with E-state index in [9.17, 15) is 13.0 Å². The SMILES string of the molecule is C[N+]1(CC#CI)CCCCC1.Cc1ccc(S(=O)(=O)[O-])cc1. The van der Waals surface area contributed by atoms with Gasteiger partial charge in [-0.3, -0.25) is 0 Å². The van der Waals surface area contributed by atoms with Gasteiger partial charge in [0.15, 0.2) is 0 Å². The van der Waals surface area contributed by atoms with Crippen molar-refractivity contribution >= 4 is 32.7 Å². The molecule has 0 unspecified atom stereocenters. The number of hydrogen-bond acceptors (Lipinski definition) is 3. The van der Waals surface area contributed by atoms with Crippen LogP contribution < -0.4 is 0 Å². The van der Waals surface area contributed by atoms with Crippen LogP contribution in [0.25, 0.3) is 0 Å². The lowest BCUT2D eigenvalue weighted by atomic mass is 10.1. The molecule has 122 valence electrons. The maximum atomic E-state index is 10.4. The first-order valence-electron chi connectivity index (χ1n) is 7.21. The minimum Gasteiger partial charge on any atom is -0.744 e. The monoisotopic (exact) mass is 435 g/mol. The molecule has 0 spiro atoms. The van der Waals surface area contributed by atoms with Crippen molar-refractivity contribution in [1.29, 1.82) is 0 Å². The van der Waals surface area contributed by atoms with Crippen molar-refractivity contribution in [2.45, 2.75) is 31.1 Å². The second-order valence-corrected chi connectivity index (χ2v) is 7.74. The molecule has 1 fully saturated rings. The van der Waals surface area contributed by atoms with Gasteiger partial charge in [0.25, 0.3) is 0 Å². The van der Waals surface area contributed by atoms with Crippen molar-refractivity contribution in [3.8, 4) is 9.85 Å². The molecule has 1 heterocycles. The van der Waals surface area contributed by atoms with Crippen molar-refractivity contribution in [2.75, 3.05) is 26.7 Å². The third kappa shape index (κ3) is 7.09. The molecule has 22 heavy (non-hydrogen) atoms. The summed E-state index contributed by atoms with van der Waals surface area (Å²) in [6.07, 6.45) is 4.20. The molecule has 2 rings (SSSR count). The quantitative estimate of drug-likeness (QED) is 0.311. The summed E-state index contributed by atoms with van der Waals surface area (Å²) in [6, 6.07) is 5.78. The van der Waals surface area contributed by atoms with Crippen molar-refractivity contribution in [2.24, 2.45) is 0 Å². The van der Waals surface area contributed by atoms with Gasteiger partial charge in [0.1, 0.15) is 16.7 Å². The number of aryl methyl sites for hydroxylation is 1. The molecule has 0 radical (unpaired) electrons. The van der Waals surface area contributed by atoms with Gasteiger partial charge in [-0.05, 0) is 48.2 Å². The summed E-state index contributed by atoms with van der Waals surface area (Å²) in [5, 5.41) is 0. The molecule has 6 heteroatoms. The zero-order valence-corrected chi connectivity index (χ0v) is 16.0. The Morgan fingerprint density at radius 1 is 1.18 bits per heavy atom. The molecule has 0 N–H and O–H groups in total. The van der Waals surface area contributed by atoms with Gasteiger partial charge in [-0.25, -0.2) is 8.42 Å². The van der Waals surface area contributed by atoms with Crippen molar-refractivity contribution < 1.29 is 17.5 Å². The van der Waals surface area contributed by atoms with E-state index in [0.717, 1.165) is 12.1 Å². The topological polar surface area (TPSA) is 57.2 Å². The minimum atomic E-state index is -4.27. The molecule has 0 bridgehead atoms. The van der Waals surface area contributed by atoms with Crippen LogP contribution >= 0.6 is 22.6 Å². The maximum absolute atomic E-state index is 10.4. The third-order valence-corrected chi connectivity index (χ3v) is 4.96. The summed E-state index contributed by atoms with van der Waals surface area (Å²) in [5.41, 5.74) is 0.928. The van der Waals surface area contributed by atoms with E-state index in [0.29, 0.717) is 0 Å². The zero-order chi connectivity index (χ0) is 16.6. The Bertz CT molecular complexity index is 624. The van der Waals surface area contributed by atoms with Gasteiger partial charge in [-0.2, -0.15) is 0 Å². The van der Waals surface area contributed by atoms with Crippen LogP contribution in [0, 0.1) is 16.8 Å². The predicted molar refractivity (Wildman–Crippen MR) is 95.6 cm³/mol. The Hall–Kier alpha value is -0.620. The lowest BCUT2D eigenvalue weighted by Gasteiger charge is -2.35. The number of benzene rings is 1. The summed E-state index contributed by atoms with van der Waals surface area (Å²) in [4.78, 5) is -0.178. The largest absolute Gasteiger partial charge is 0.744 e. The van der Waals surface area contributed by atoms with Gasteiger partial charge >= 0.3 is 0 Å². The highest BCUT2D eigenvalue weighted by molar-refractivity contribution is 14.1. The van der Waals surface area contributed by atoms with E-state index in [1.165, 1.54) is 49.0 Å². The Labute approximate surface area is 147 Å². The number of hydrogen-bond donors (Lipinski definition) is 0. The Morgan fingerprint density at radius 2 is 1.73 bits per heavy atom. The van der Waals surface area contributed by atoms with E-state index in [-0.39, 0.29) is 4.90 Å². The third-order valence-electron chi connectivity index (χ3n) is 3.73. The number of halogens is 1. The summed E-state index contributed by atoms with van der Waals surface area (Å²) < 4.78 is 35.3. The van der Waals surface area contributed by atoms with Crippen molar-refractivity contribution in [3.63, 3.8) is 0 Å². The lowest BCUT2D eigenvalue weighted by Crippen LogP contribution is -2.47. The van der Waals surface area contributed by atoms with Gasteiger partial charge in [-0.1, -0.05) is 17.7 Å². The molecule has 0 aromatic heterocycles. The molecule has 1 aromatic rings. The molecule has 0 amide bonds. The second kappa shape index (κ2) is 8.87. The fourth-order valence-corrected chi connectivity index (χ4v) is 3.00. The van der Waals surface area contributed by atoms with Crippen LogP contribution in [0.15, 0.2) is 29.2 Å². The first-order valence-corrected chi connectivity index (χ1v) is 9.70.